The number of carboxylic acid groups (broad SMARTS) is 1. The van der Waals surface area contributed by atoms with Crippen LogP contribution in [0.4, 0.5) is 4.79 Å². The number of pyridine rings is 1. The van der Waals surface area contributed by atoms with Crippen molar-refractivity contribution in [3.05, 3.63) is 73.0 Å². The van der Waals surface area contributed by atoms with Gasteiger partial charge in [-0.3, -0.25) is 14.3 Å². The quantitative estimate of drug-likeness (QED) is 0.526. The molecule has 3 unspecified atom stereocenters. The summed E-state index contributed by atoms with van der Waals surface area (Å²) in [4.78, 5) is 40.8. The van der Waals surface area contributed by atoms with Crippen LogP contribution in [0.5, 0.6) is 0 Å². The standard InChI is InChI=1S/C23H24Cl2N4O6/c1-23(2,3)17-11-28(22(32)33)10-16(18(34-17)12-6-7-14(24)15(25)9-12)29-8-4-5-13(20(29)30)19-26-21(31)35-27-19/h4-9,16-18H,10-11H2,1-3H3,(H,32,33)(H,26,27,31). The van der Waals surface area contributed by atoms with Crippen molar-refractivity contribution >= 4 is 29.3 Å². The Morgan fingerprint density at radius 1 is 1.17 bits per heavy atom. The minimum Gasteiger partial charge on any atom is -0.465 e. The fraction of sp³-hybridized carbons (Fsp3) is 0.391. The maximum atomic E-state index is 13.5. The summed E-state index contributed by atoms with van der Waals surface area (Å²) in [5, 5.41) is 14.2. The number of halogens is 2. The Bertz CT molecular complexity index is 1360. The summed E-state index contributed by atoms with van der Waals surface area (Å²) >= 11 is 12.4. The first-order chi connectivity index (χ1) is 16.5. The Morgan fingerprint density at radius 3 is 2.51 bits per heavy atom. The highest BCUT2D eigenvalue weighted by atomic mass is 35.5. The van der Waals surface area contributed by atoms with Crippen LogP contribution in [0.15, 0.2) is 50.6 Å². The lowest BCUT2D eigenvalue weighted by molar-refractivity contribution is -0.0749. The molecule has 0 bridgehead atoms. The van der Waals surface area contributed by atoms with Crippen LogP contribution in [0.25, 0.3) is 11.4 Å². The molecule has 0 saturated carbocycles. The highest BCUT2D eigenvalue weighted by Gasteiger charge is 2.41. The van der Waals surface area contributed by atoms with Crippen LogP contribution in [0.3, 0.4) is 0 Å². The second-order valence-corrected chi connectivity index (χ2v) is 10.2. The summed E-state index contributed by atoms with van der Waals surface area (Å²) in [6.07, 6.45) is -0.829. The van der Waals surface area contributed by atoms with Crippen LogP contribution in [-0.4, -0.2) is 50.0 Å². The third kappa shape index (κ3) is 5.14. The lowest BCUT2D eigenvalue weighted by atomic mass is 9.88. The molecule has 1 aliphatic heterocycles. The molecule has 35 heavy (non-hydrogen) atoms. The van der Waals surface area contributed by atoms with Gasteiger partial charge in [-0.15, -0.1) is 0 Å². The molecule has 4 rings (SSSR count). The highest BCUT2D eigenvalue weighted by molar-refractivity contribution is 6.42. The molecule has 1 saturated heterocycles. The number of hydrogen-bond acceptors (Lipinski definition) is 6. The molecule has 0 radical (unpaired) electrons. The lowest BCUT2D eigenvalue weighted by Crippen LogP contribution is -2.42. The number of rotatable bonds is 3. The van der Waals surface area contributed by atoms with Gasteiger partial charge < -0.3 is 19.3 Å². The fourth-order valence-corrected chi connectivity index (χ4v) is 4.37. The summed E-state index contributed by atoms with van der Waals surface area (Å²) < 4.78 is 12.5. The smallest absolute Gasteiger partial charge is 0.439 e. The second kappa shape index (κ2) is 9.52. The molecule has 3 heterocycles. The molecule has 12 heteroatoms. The van der Waals surface area contributed by atoms with E-state index in [1.54, 1.807) is 30.5 Å². The highest BCUT2D eigenvalue weighted by Crippen LogP contribution is 2.40. The zero-order chi connectivity index (χ0) is 25.5. The number of benzene rings is 1. The Balaban J connectivity index is 1.90. The van der Waals surface area contributed by atoms with E-state index >= 15 is 0 Å². The van der Waals surface area contributed by atoms with Gasteiger partial charge in [-0.2, -0.15) is 0 Å². The average molecular weight is 523 g/mol. The number of carbonyl (C=O) groups is 1. The second-order valence-electron chi connectivity index (χ2n) is 9.42. The van der Waals surface area contributed by atoms with Gasteiger partial charge in [0.25, 0.3) is 5.56 Å². The van der Waals surface area contributed by atoms with E-state index < -0.39 is 41.1 Å². The van der Waals surface area contributed by atoms with Gasteiger partial charge in [0.2, 0.25) is 0 Å². The van der Waals surface area contributed by atoms with Crippen LogP contribution >= 0.6 is 23.2 Å². The van der Waals surface area contributed by atoms with Gasteiger partial charge in [0.1, 0.15) is 6.10 Å². The van der Waals surface area contributed by atoms with Gasteiger partial charge in [-0.25, -0.2) is 9.59 Å². The summed E-state index contributed by atoms with van der Waals surface area (Å²) in [5.41, 5.74) is -0.192. The van der Waals surface area contributed by atoms with Crippen LogP contribution in [0, 0.1) is 5.41 Å². The number of ether oxygens (including phenoxy) is 1. The van der Waals surface area contributed by atoms with E-state index in [-0.39, 0.29) is 24.5 Å². The normalized spacial score (nSPS) is 21.1. The van der Waals surface area contributed by atoms with Gasteiger partial charge in [0.15, 0.2) is 5.82 Å². The number of aromatic nitrogens is 3. The van der Waals surface area contributed by atoms with E-state index in [9.17, 15) is 19.5 Å². The van der Waals surface area contributed by atoms with Crippen molar-refractivity contribution in [3.63, 3.8) is 0 Å². The molecule has 186 valence electrons. The zero-order valence-electron chi connectivity index (χ0n) is 19.2. The van der Waals surface area contributed by atoms with Gasteiger partial charge >= 0.3 is 11.8 Å². The molecular formula is C23H24Cl2N4O6. The molecule has 3 atom stereocenters. The summed E-state index contributed by atoms with van der Waals surface area (Å²) in [6, 6.07) is 7.35. The van der Waals surface area contributed by atoms with E-state index in [1.807, 2.05) is 20.8 Å². The Kier molecular flexibility index (Phi) is 6.81. The molecule has 1 aromatic carbocycles. The van der Waals surface area contributed by atoms with Crippen molar-refractivity contribution in [1.29, 1.82) is 0 Å². The number of amides is 1. The molecule has 1 fully saturated rings. The number of H-pyrrole nitrogens is 1. The number of nitrogens with zero attached hydrogens (tertiary/aromatic N) is 3. The van der Waals surface area contributed by atoms with Gasteiger partial charge in [0, 0.05) is 12.7 Å². The van der Waals surface area contributed by atoms with Gasteiger partial charge in [0.05, 0.1) is 34.3 Å². The summed E-state index contributed by atoms with van der Waals surface area (Å²) in [6.45, 7) is 5.94. The maximum absolute atomic E-state index is 13.5. The monoisotopic (exact) mass is 522 g/mol. The van der Waals surface area contributed by atoms with E-state index in [1.165, 1.54) is 15.5 Å². The predicted molar refractivity (Wildman–Crippen MR) is 129 cm³/mol. The van der Waals surface area contributed by atoms with Crippen molar-refractivity contribution < 1.29 is 19.2 Å². The summed E-state index contributed by atoms with van der Waals surface area (Å²) in [5.74, 6) is -0.830. The molecular weight excluding hydrogens is 499 g/mol. The lowest BCUT2D eigenvalue weighted by Gasteiger charge is -2.34. The number of hydrogen-bond donors (Lipinski definition) is 2. The molecule has 0 spiro atoms. The van der Waals surface area contributed by atoms with E-state index in [2.05, 4.69) is 14.7 Å². The van der Waals surface area contributed by atoms with Crippen molar-refractivity contribution in [3.8, 4) is 11.4 Å². The maximum Gasteiger partial charge on any atom is 0.439 e. The number of nitrogens with one attached hydrogen (secondary N) is 1. The van der Waals surface area contributed by atoms with Crippen molar-refractivity contribution in [2.75, 3.05) is 13.1 Å². The molecule has 2 aromatic heterocycles. The average Bonchev–Trinajstić information content (AvgIpc) is 3.10. The van der Waals surface area contributed by atoms with E-state index in [0.717, 1.165) is 0 Å². The minimum absolute atomic E-state index is 0.0300. The van der Waals surface area contributed by atoms with Crippen LogP contribution in [0.1, 0.15) is 38.5 Å². The van der Waals surface area contributed by atoms with Crippen LogP contribution in [0.2, 0.25) is 10.0 Å². The van der Waals surface area contributed by atoms with Gasteiger partial charge in [-0.1, -0.05) is 55.2 Å². The zero-order valence-corrected chi connectivity index (χ0v) is 20.7. The molecule has 2 N–H and O–H groups in total. The van der Waals surface area contributed by atoms with Crippen molar-refractivity contribution in [2.24, 2.45) is 5.41 Å². The molecule has 1 amide bonds. The number of aromatic amines is 1. The Labute approximate surface area is 210 Å². The van der Waals surface area contributed by atoms with Crippen molar-refractivity contribution in [1.82, 2.24) is 19.6 Å². The first kappa shape index (κ1) is 25.0. The van der Waals surface area contributed by atoms with Crippen LogP contribution in [-0.2, 0) is 4.74 Å². The fourth-order valence-electron chi connectivity index (χ4n) is 4.06. The predicted octanol–water partition coefficient (Wildman–Crippen LogP) is 4.21. The van der Waals surface area contributed by atoms with E-state index in [0.29, 0.717) is 15.6 Å². The van der Waals surface area contributed by atoms with E-state index in [4.69, 9.17) is 27.9 Å². The topological polar surface area (TPSA) is 131 Å². The molecule has 0 aliphatic carbocycles. The third-order valence-corrected chi connectivity index (χ3v) is 6.73. The molecule has 10 nitrogen and oxygen atoms in total. The third-order valence-electron chi connectivity index (χ3n) is 5.99. The molecule has 3 aromatic rings. The van der Waals surface area contributed by atoms with Crippen LogP contribution < -0.4 is 11.3 Å². The Morgan fingerprint density at radius 2 is 1.91 bits per heavy atom. The first-order valence-corrected chi connectivity index (χ1v) is 11.6. The minimum atomic E-state index is -1.13. The summed E-state index contributed by atoms with van der Waals surface area (Å²) in [7, 11) is 0. The largest absolute Gasteiger partial charge is 0.465 e. The first-order valence-electron chi connectivity index (χ1n) is 10.8. The SMILES string of the molecule is CC(C)(C)C1CN(C(=O)O)CC(n2cccc(-c3noc(=O)[nH]3)c2=O)C(c2ccc(Cl)c(Cl)c2)O1. The molecule has 1 aliphatic rings. The van der Waals surface area contributed by atoms with Crippen molar-refractivity contribution in [2.45, 2.75) is 39.0 Å². The Hall–Kier alpha value is -3.08. The van der Waals surface area contributed by atoms with Gasteiger partial charge in [-0.05, 0) is 35.2 Å².